The molecule has 2 aliphatic rings. The molecule has 5 rings (SSSR count). The molecule has 3 aromatic rings. The van der Waals surface area contributed by atoms with Gasteiger partial charge in [-0.15, -0.1) is 0 Å². The van der Waals surface area contributed by atoms with Gasteiger partial charge in [-0.2, -0.15) is 0 Å². The molecule has 1 aliphatic carbocycles. The van der Waals surface area contributed by atoms with Gasteiger partial charge in [0, 0.05) is 36.1 Å². The van der Waals surface area contributed by atoms with Crippen LogP contribution in [0.3, 0.4) is 0 Å². The van der Waals surface area contributed by atoms with E-state index in [-0.39, 0.29) is 0 Å². The van der Waals surface area contributed by atoms with Gasteiger partial charge in [-0.25, -0.2) is 15.0 Å². The van der Waals surface area contributed by atoms with E-state index in [1.807, 2.05) is 30.7 Å². The number of hydrogen-bond acceptors (Lipinski definition) is 4. The minimum Gasteiger partial charge on any atom is -0.349 e. The molecule has 0 spiro atoms. The van der Waals surface area contributed by atoms with Crippen molar-refractivity contribution in [1.82, 2.24) is 19.5 Å². The lowest BCUT2D eigenvalue weighted by Gasteiger charge is -2.30. The molecule has 1 aliphatic heterocycles. The van der Waals surface area contributed by atoms with E-state index in [4.69, 9.17) is 9.97 Å². The highest BCUT2D eigenvalue weighted by Gasteiger charge is 2.25. The molecule has 1 aromatic carbocycles. The van der Waals surface area contributed by atoms with E-state index < -0.39 is 0 Å². The number of benzene rings is 1. The highest BCUT2D eigenvalue weighted by Crippen LogP contribution is 2.32. The van der Waals surface area contributed by atoms with E-state index in [1.165, 1.54) is 23.4 Å². The van der Waals surface area contributed by atoms with Crippen molar-refractivity contribution in [2.75, 3.05) is 11.4 Å². The Kier molecular flexibility index (Phi) is 3.11. The summed E-state index contributed by atoms with van der Waals surface area (Å²) in [6.07, 6.45) is 7.23. The van der Waals surface area contributed by atoms with Crippen LogP contribution in [-0.2, 0) is 25.9 Å². The molecule has 0 atom stereocenters. The van der Waals surface area contributed by atoms with Crippen LogP contribution >= 0.6 is 0 Å². The summed E-state index contributed by atoms with van der Waals surface area (Å²) in [4.78, 5) is 16.5. The van der Waals surface area contributed by atoms with Gasteiger partial charge in [-0.05, 0) is 19.3 Å². The lowest BCUT2D eigenvalue weighted by atomic mass is 10.1. The van der Waals surface area contributed by atoms with Crippen LogP contribution in [-0.4, -0.2) is 26.1 Å². The summed E-state index contributed by atoms with van der Waals surface area (Å²) in [6.45, 7) is 2.81. The normalized spacial score (nSPS) is 16.1. The molecular formula is C19H19N5. The van der Waals surface area contributed by atoms with Crippen LogP contribution < -0.4 is 4.90 Å². The zero-order valence-corrected chi connectivity index (χ0v) is 13.5. The maximum absolute atomic E-state index is 4.98. The van der Waals surface area contributed by atoms with Gasteiger partial charge in [0.05, 0.1) is 18.6 Å². The minimum absolute atomic E-state index is 0.852. The maximum Gasteiger partial charge on any atom is 0.161 e. The zero-order valence-electron chi connectivity index (χ0n) is 13.5. The van der Waals surface area contributed by atoms with E-state index >= 15 is 0 Å². The first-order valence-corrected chi connectivity index (χ1v) is 8.57. The number of fused-ring (bicyclic) bond motifs is 2. The molecule has 0 amide bonds. The Morgan fingerprint density at radius 2 is 1.88 bits per heavy atom. The van der Waals surface area contributed by atoms with Crippen molar-refractivity contribution < 1.29 is 0 Å². The average Bonchev–Trinajstić information content (AvgIpc) is 3.29. The summed E-state index contributed by atoms with van der Waals surface area (Å²) >= 11 is 0. The number of imidazole rings is 1. The lowest BCUT2D eigenvalue weighted by molar-refractivity contribution is 0.565. The Morgan fingerprint density at radius 3 is 2.79 bits per heavy atom. The number of rotatable bonds is 2. The van der Waals surface area contributed by atoms with Crippen molar-refractivity contribution in [3.63, 3.8) is 0 Å². The maximum atomic E-state index is 4.98. The molecule has 0 fully saturated rings. The predicted molar refractivity (Wildman–Crippen MR) is 92.8 cm³/mol. The summed E-state index contributed by atoms with van der Waals surface area (Å²) in [6, 6.07) is 10.3. The van der Waals surface area contributed by atoms with E-state index in [1.54, 1.807) is 0 Å². The summed E-state index contributed by atoms with van der Waals surface area (Å²) in [5, 5.41) is 0. The minimum atomic E-state index is 0.852. The Hall–Kier alpha value is -2.69. The van der Waals surface area contributed by atoms with Crippen LogP contribution in [0.5, 0.6) is 0 Å². The smallest absolute Gasteiger partial charge is 0.161 e. The summed E-state index contributed by atoms with van der Waals surface area (Å²) in [5.41, 5.74) is 4.93. The van der Waals surface area contributed by atoms with Crippen molar-refractivity contribution in [2.24, 2.45) is 0 Å². The average molecular weight is 317 g/mol. The summed E-state index contributed by atoms with van der Waals surface area (Å²) < 4.78 is 2.23. The van der Waals surface area contributed by atoms with Crippen LogP contribution in [0, 0.1) is 0 Å². The van der Waals surface area contributed by atoms with Gasteiger partial charge in [0.1, 0.15) is 5.82 Å². The van der Waals surface area contributed by atoms with Crippen molar-refractivity contribution in [3.05, 3.63) is 59.8 Å². The van der Waals surface area contributed by atoms with Crippen LogP contribution in [0.4, 0.5) is 5.82 Å². The van der Waals surface area contributed by atoms with Crippen molar-refractivity contribution >= 4 is 5.82 Å². The molecular weight excluding hydrogens is 298 g/mol. The first kappa shape index (κ1) is 13.7. The second-order valence-electron chi connectivity index (χ2n) is 6.52. The van der Waals surface area contributed by atoms with Crippen molar-refractivity contribution in [2.45, 2.75) is 32.4 Å². The number of aryl methyl sites for hydroxylation is 1. The van der Waals surface area contributed by atoms with Crippen molar-refractivity contribution in [1.29, 1.82) is 0 Å². The molecule has 120 valence electrons. The van der Waals surface area contributed by atoms with E-state index in [2.05, 4.69) is 26.6 Å². The molecule has 0 bridgehead atoms. The zero-order chi connectivity index (χ0) is 15.9. The van der Waals surface area contributed by atoms with Gasteiger partial charge >= 0.3 is 0 Å². The third-order valence-corrected chi connectivity index (χ3v) is 5.01. The van der Waals surface area contributed by atoms with Crippen LogP contribution in [0.2, 0.25) is 0 Å². The first-order chi connectivity index (χ1) is 11.9. The molecule has 0 N–H and O–H groups in total. The van der Waals surface area contributed by atoms with E-state index in [9.17, 15) is 0 Å². The van der Waals surface area contributed by atoms with Gasteiger partial charge in [0.15, 0.2) is 5.82 Å². The van der Waals surface area contributed by atoms with Gasteiger partial charge in [-0.3, -0.25) is 0 Å². The largest absolute Gasteiger partial charge is 0.349 e. The lowest BCUT2D eigenvalue weighted by Crippen LogP contribution is -2.34. The quantitative estimate of drug-likeness (QED) is 0.729. The van der Waals surface area contributed by atoms with Crippen LogP contribution in [0.1, 0.15) is 23.4 Å². The highest BCUT2D eigenvalue weighted by molar-refractivity contribution is 5.61. The number of nitrogens with zero attached hydrogens (tertiary/aromatic N) is 5. The molecule has 0 unspecified atom stereocenters. The second-order valence-corrected chi connectivity index (χ2v) is 6.52. The molecule has 5 nitrogen and oxygen atoms in total. The number of hydrogen-bond donors (Lipinski definition) is 0. The number of anilines is 1. The second kappa shape index (κ2) is 5.44. The molecule has 24 heavy (non-hydrogen) atoms. The van der Waals surface area contributed by atoms with Gasteiger partial charge in [-0.1, -0.05) is 30.3 Å². The predicted octanol–water partition coefficient (Wildman–Crippen LogP) is 2.85. The highest BCUT2D eigenvalue weighted by atomic mass is 15.3. The monoisotopic (exact) mass is 317 g/mol. The van der Waals surface area contributed by atoms with Crippen LogP contribution in [0.15, 0.2) is 42.9 Å². The Morgan fingerprint density at radius 1 is 0.958 bits per heavy atom. The molecule has 0 saturated carbocycles. The van der Waals surface area contributed by atoms with Gasteiger partial charge < -0.3 is 9.47 Å². The van der Waals surface area contributed by atoms with Crippen LogP contribution in [0.25, 0.3) is 11.4 Å². The fourth-order valence-corrected chi connectivity index (χ4v) is 3.76. The SMILES string of the molecule is c1ccc(-c2nc3c(c(N4CCn5cncc5C4)n2)CCC3)cc1. The van der Waals surface area contributed by atoms with E-state index in [0.717, 1.165) is 49.7 Å². The Bertz CT molecular complexity index is 884. The summed E-state index contributed by atoms with van der Waals surface area (Å²) in [7, 11) is 0. The van der Waals surface area contributed by atoms with Gasteiger partial charge in [0.25, 0.3) is 0 Å². The molecule has 0 radical (unpaired) electrons. The Balaban J connectivity index is 1.59. The fraction of sp³-hybridized carbons (Fsp3) is 0.316. The Labute approximate surface area is 141 Å². The summed E-state index contributed by atoms with van der Waals surface area (Å²) in [5.74, 6) is 1.98. The molecule has 2 aromatic heterocycles. The fourth-order valence-electron chi connectivity index (χ4n) is 3.76. The molecule has 5 heteroatoms. The molecule has 3 heterocycles. The number of aromatic nitrogens is 4. The van der Waals surface area contributed by atoms with E-state index in [0.29, 0.717) is 0 Å². The van der Waals surface area contributed by atoms with Crippen molar-refractivity contribution in [3.8, 4) is 11.4 Å². The standard InChI is InChI=1S/C19H19N5/c1-2-5-14(6-3-1)18-21-17-8-4-7-16(17)19(22-18)23-9-10-24-13-20-11-15(24)12-23/h1-3,5-6,11,13H,4,7-10,12H2. The third kappa shape index (κ3) is 2.19. The third-order valence-electron chi connectivity index (χ3n) is 5.01. The first-order valence-electron chi connectivity index (χ1n) is 8.57. The topological polar surface area (TPSA) is 46.8 Å². The van der Waals surface area contributed by atoms with Gasteiger partial charge in [0.2, 0.25) is 0 Å². The molecule has 0 saturated heterocycles.